The molecule has 31 heavy (non-hydrogen) atoms. The molecule has 7 heteroatoms. The van der Waals surface area contributed by atoms with Gasteiger partial charge in [-0.25, -0.2) is 14.8 Å². The average molecular weight is 421 g/mol. The predicted molar refractivity (Wildman–Crippen MR) is 121 cm³/mol. The fourth-order valence-electron chi connectivity index (χ4n) is 4.00. The van der Waals surface area contributed by atoms with Gasteiger partial charge in [0.25, 0.3) is 0 Å². The summed E-state index contributed by atoms with van der Waals surface area (Å²) in [6.45, 7) is 7.60. The molecule has 0 atom stereocenters. The Balaban J connectivity index is 1.87. The number of carbonyl (C=O) groups is 2. The lowest BCUT2D eigenvalue weighted by Gasteiger charge is -2.19. The molecule has 162 valence electrons. The number of ketones is 1. The lowest BCUT2D eigenvalue weighted by Crippen LogP contribution is -2.20. The van der Waals surface area contributed by atoms with E-state index in [4.69, 9.17) is 9.72 Å². The van der Waals surface area contributed by atoms with Crippen LogP contribution in [0, 0.1) is 5.41 Å². The molecule has 4 rings (SSSR count). The van der Waals surface area contributed by atoms with Gasteiger partial charge in [-0.15, -0.1) is 0 Å². The van der Waals surface area contributed by atoms with Crippen LogP contribution in [0.15, 0.2) is 30.6 Å². The van der Waals surface area contributed by atoms with Gasteiger partial charge < -0.3 is 14.2 Å². The van der Waals surface area contributed by atoms with Gasteiger partial charge in [0.15, 0.2) is 11.4 Å². The predicted octanol–water partition coefficient (Wildman–Crippen LogP) is 4.25. The van der Waals surface area contributed by atoms with Gasteiger partial charge in [0.1, 0.15) is 5.52 Å². The summed E-state index contributed by atoms with van der Waals surface area (Å²) in [4.78, 5) is 37.0. The van der Waals surface area contributed by atoms with Crippen LogP contribution in [0.2, 0.25) is 0 Å². The number of rotatable bonds is 4. The van der Waals surface area contributed by atoms with Crippen LogP contribution in [0.4, 0.5) is 5.69 Å². The topological polar surface area (TPSA) is 77.3 Å². The van der Waals surface area contributed by atoms with Crippen molar-refractivity contribution >= 4 is 28.6 Å². The van der Waals surface area contributed by atoms with Crippen LogP contribution in [-0.2, 0) is 11.8 Å². The van der Waals surface area contributed by atoms with E-state index in [0.717, 1.165) is 37.2 Å². The van der Waals surface area contributed by atoms with E-state index >= 15 is 0 Å². The minimum absolute atomic E-state index is 0.0191. The molecule has 3 heterocycles. The normalized spacial score (nSPS) is 14.3. The first-order chi connectivity index (χ1) is 14.7. The number of aryl methyl sites for hydroxylation is 1. The molecule has 0 spiro atoms. The number of hydrogen-bond donors (Lipinski definition) is 0. The van der Waals surface area contributed by atoms with Gasteiger partial charge in [0.2, 0.25) is 0 Å². The number of aromatic nitrogens is 3. The number of nitrogens with zero attached hydrogens (tertiary/aromatic N) is 4. The maximum atomic E-state index is 13.0. The Hall–Kier alpha value is -3.22. The Labute approximate surface area is 182 Å². The minimum Gasteiger partial charge on any atom is -0.465 e. The third-order valence-electron chi connectivity index (χ3n) is 5.70. The zero-order valence-corrected chi connectivity index (χ0v) is 18.7. The van der Waals surface area contributed by atoms with Crippen LogP contribution in [-0.4, -0.2) is 46.5 Å². The second kappa shape index (κ2) is 7.80. The molecule has 0 amide bonds. The quantitative estimate of drug-likeness (QED) is 0.464. The van der Waals surface area contributed by atoms with Crippen molar-refractivity contribution in [1.29, 1.82) is 0 Å². The summed E-state index contributed by atoms with van der Waals surface area (Å²) in [5.41, 5.74) is 4.10. The van der Waals surface area contributed by atoms with Crippen LogP contribution in [0.25, 0.3) is 22.4 Å². The van der Waals surface area contributed by atoms with E-state index in [2.05, 4.69) is 9.88 Å². The molecule has 3 aromatic rings. The molecule has 0 radical (unpaired) electrons. The van der Waals surface area contributed by atoms with Crippen molar-refractivity contribution in [2.24, 2.45) is 12.5 Å². The second-order valence-corrected chi connectivity index (χ2v) is 9.11. The lowest BCUT2D eigenvalue weighted by atomic mass is 9.87. The highest BCUT2D eigenvalue weighted by Gasteiger charge is 2.27. The van der Waals surface area contributed by atoms with Crippen molar-refractivity contribution < 1.29 is 14.3 Å². The van der Waals surface area contributed by atoms with Gasteiger partial charge in [0, 0.05) is 43.0 Å². The summed E-state index contributed by atoms with van der Waals surface area (Å²) < 4.78 is 6.79. The Morgan fingerprint density at radius 2 is 1.81 bits per heavy atom. The Kier molecular flexibility index (Phi) is 5.29. The first kappa shape index (κ1) is 21.0. The second-order valence-electron chi connectivity index (χ2n) is 9.11. The van der Waals surface area contributed by atoms with E-state index in [9.17, 15) is 9.59 Å². The van der Waals surface area contributed by atoms with Gasteiger partial charge in [-0.3, -0.25) is 4.79 Å². The van der Waals surface area contributed by atoms with Gasteiger partial charge in [-0.05, 0) is 31.0 Å². The van der Waals surface area contributed by atoms with E-state index in [1.807, 2.05) is 44.5 Å². The molecular formula is C24H28N4O3. The first-order valence-electron chi connectivity index (χ1n) is 10.5. The Morgan fingerprint density at radius 3 is 2.45 bits per heavy atom. The van der Waals surface area contributed by atoms with Crippen molar-refractivity contribution in [2.75, 3.05) is 25.1 Å². The van der Waals surface area contributed by atoms with E-state index in [1.54, 1.807) is 18.5 Å². The molecule has 0 N–H and O–H groups in total. The largest absolute Gasteiger partial charge is 0.465 e. The van der Waals surface area contributed by atoms with Crippen molar-refractivity contribution in [1.82, 2.24) is 14.5 Å². The molecule has 0 unspecified atom stereocenters. The SMILES string of the molecule is COC(=O)c1cc(-c2cnc3c(n2)c(C(=O)C(C)(C)C)cn3C)cc(N2CCCC2)c1. The monoisotopic (exact) mass is 420 g/mol. The smallest absolute Gasteiger partial charge is 0.337 e. The number of benzene rings is 1. The van der Waals surface area contributed by atoms with Crippen LogP contribution in [0.5, 0.6) is 0 Å². The van der Waals surface area contributed by atoms with Gasteiger partial charge in [-0.1, -0.05) is 20.8 Å². The van der Waals surface area contributed by atoms with Crippen LogP contribution < -0.4 is 4.90 Å². The molecule has 0 saturated carbocycles. The first-order valence-corrected chi connectivity index (χ1v) is 10.5. The number of fused-ring (bicyclic) bond motifs is 1. The van der Waals surface area contributed by atoms with E-state index < -0.39 is 5.41 Å². The lowest BCUT2D eigenvalue weighted by molar-refractivity contribution is 0.0600. The van der Waals surface area contributed by atoms with Gasteiger partial charge in [0.05, 0.1) is 30.1 Å². The number of anilines is 1. The zero-order valence-electron chi connectivity index (χ0n) is 18.7. The molecule has 1 saturated heterocycles. The molecule has 1 aromatic carbocycles. The third-order valence-corrected chi connectivity index (χ3v) is 5.70. The van der Waals surface area contributed by atoms with Crippen molar-refractivity contribution in [3.8, 4) is 11.3 Å². The zero-order chi connectivity index (χ0) is 22.3. The number of carbonyl (C=O) groups excluding carboxylic acids is 2. The van der Waals surface area contributed by atoms with E-state index in [1.165, 1.54) is 7.11 Å². The molecule has 1 aliphatic heterocycles. The summed E-state index contributed by atoms with van der Waals surface area (Å²) in [7, 11) is 3.24. The third kappa shape index (κ3) is 3.92. The number of Topliss-reactive ketones (excluding diaryl/α,β-unsaturated/α-hetero) is 1. The molecule has 7 nitrogen and oxygen atoms in total. The maximum Gasteiger partial charge on any atom is 0.337 e. The molecule has 1 aliphatic rings. The number of esters is 1. The summed E-state index contributed by atoms with van der Waals surface area (Å²) >= 11 is 0. The van der Waals surface area contributed by atoms with Crippen LogP contribution in [0.3, 0.4) is 0 Å². The molecule has 0 aliphatic carbocycles. The summed E-state index contributed by atoms with van der Waals surface area (Å²) in [6.07, 6.45) is 5.75. The maximum absolute atomic E-state index is 13.0. The highest BCUT2D eigenvalue weighted by atomic mass is 16.5. The highest BCUT2D eigenvalue weighted by molar-refractivity contribution is 6.08. The minimum atomic E-state index is -0.528. The van der Waals surface area contributed by atoms with Crippen molar-refractivity contribution in [2.45, 2.75) is 33.6 Å². The van der Waals surface area contributed by atoms with Gasteiger partial charge in [-0.2, -0.15) is 0 Å². The molecule has 1 fully saturated rings. The summed E-state index contributed by atoms with van der Waals surface area (Å²) in [6, 6.07) is 5.67. The standard InChI is InChI=1S/C24H28N4O3/c1-24(2,3)21(29)18-14-27(4)22-20(18)26-19(13-25-22)15-10-16(23(30)31-5)12-17(11-15)28-8-6-7-9-28/h10-14H,6-9H2,1-5H3. The summed E-state index contributed by atoms with van der Waals surface area (Å²) in [5.74, 6) is -0.370. The number of ether oxygens (including phenoxy) is 1. The average Bonchev–Trinajstić information content (AvgIpc) is 3.40. The van der Waals surface area contributed by atoms with Crippen LogP contribution in [0.1, 0.15) is 54.3 Å². The van der Waals surface area contributed by atoms with E-state index in [-0.39, 0.29) is 11.8 Å². The highest BCUT2D eigenvalue weighted by Crippen LogP contribution is 2.31. The number of hydrogen-bond acceptors (Lipinski definition) is 6. The molecule has 0 bridgehead atoms. The fraction of sp³-hybridized carbons (Fsp3) is 0.417. The summed E-state index contributed by atoms with van der Waals surface area (Å²) in [5, 5.41) is 0. The van der Waals surface area contributed by atoms with E-state index in [0.29, 0.717) is 28.0 Å². The van der Waals surface area contributed by atoms with Crippen molar-refractivity contribution in [3.63, 3.8) is 0 Å². The van der Waals surface area contributed by atoms with Gasteiger partial charge >= 0.3 is 5.97 Å². The fourth-order valence-corrected chi connectivity index (χ4v) is 4.00. The number of methoxy groups -OCH3 is 1. The van der Waals surface area contributed by atoms with Crippen molar-refractivity contribution in [3.05, 3.63) is 41.7 Å². The molecular weight excluding hydrogens is 392 g/mol. The molecule has 2 aromatic heterocycles. The van der Waals surface area contributed by atoms with Crippen LogP contribution >= 0.6 is 0 Å². The Morgan fingerprint density at radius 1 is 1.10 bits per heavy atom. The Bertz CT molecular complexity index is 1170.